The van der Waals surface area contributed by atoms with E-state index < -0.39 is 0 Å². The average molecular weight is 303 g/mol. The van der Waals surface area contributed by atoms with Gasteiger partial charge in [-0.3, -0.25) is 4.79 Å². The monoisotopic (exact) mass is 303 g/mol. The molecule has 21 heavy (non-hydrogen) atoms. The van der Waals surface area contributed by atoms with E-state index in [2.05, 4.69) is 35.1 Å². The first-order valence-electron chi connectivity index (χ1n) is 7.14. The van der Waals surface area contributed by atoms with Gasteiger partial charge in [-0.25, -0.2) is 4.98 Å². The third-order valence-electron chi connectivity index (χ3n) is 3.44. The lowest BCUT2D eigenvalue weighted by atomic mass is 10.1. The Labute approximate surface area is 129 Å². The number of amides is 1. The molecule has 1 heterocycles. The predicted molar refractivity (Wildman–Crippen MR) is 89.5 cm³/mol. The molecule has 0 saturated carbocycles. The van der Waals surface area contributed by atoms with Crippen molar-refractivity contribution in [2.24, 2.45) is 0 Å². The second-order valence-electron chi connectivity index (χ2n) is 4.88. The van der Waals surface area contributed by atoms with E-state index in [0.717, 1.165) is 29.3 Å². The van der Waals surface area contributed by atoms with Crippen LogP contribution >= 0.6 is 11.3 Å². The van der Waals surface area contributed by atoms with E-state index in [4.69, 9.17) is 0 Å². The topological polar surface area (TPSA) is 45.2 Å². The van der Waals surface area contributed by atoms with Gasteiger partial charge in [0.05, 0.1) is 5.01 Å². The first-order chi connectivity index (χ1) is 10.0. The summed E-state index contributed by atoms with van der Waals surface area (Å²) < 4.78 is 0. The van der Waals surface area contributed by atoms with Crippen LogP contribution in [0.15, 0.2) is 23.6 Å². The van der Waals surface area contributed by atoms with Crippen LogP contribution in [0, 0.1) is 13.8 Å². The zero-order valence-electron chi connectivity index (χ0n) is 12.9. The number of benzene rings is 1. The molecule has 1 aromatic heterocycles. The number of hydrogen-bond acceptors (Lipinski definition) is 4. The second-order valence-corrected chi connectivity index (χ2v) is 5.94. The molecule has 0 bridgehead atoms. The van der Waals surface area contributed by atoms with Crippen LogP contribution in [-0.2, 0) is 0 Å². The van der Waals surface area contributed by atoms with Crippen LogP contribution in [0.2, 0.25) is 0 Å². The minimum atomic E-state index is -0.155. The molecule has 0 aliphatic heterocycles. The van der Waals surface area contributed by atoms with Gasteiger partial charge in [0.15, 0.2) is 0 Å². The maximum absolute atomic E-state index is 12.1. The number of carbonyl (C=O) groups is 1. The molecule has 0 aliphatic rings. The van der Waals surface area contributed by atoms with Gasteiger partial charge in [0.2, 0.25) is 0 Å². The van der Waals surface area contributed by atoms with Crippen molar-refractivity contribution in [1.82, 2.24) is 4.98 Å². The Morgan fingerprint density at radius 3 is 2.52 bits per heavy atom. The Hall–Kier alpha value is -1.88. The Morgan fingerprint density at radius 2 is 2.00 bits per heavy atom. The molecule has 4 nitrogen and oxygen atoms in total. The predicted octanol–water partition coefficient (Wildman–Crippen LogP) is 3.86. The Morgan fingerprint density at radius 1 is 1.29 bits per heavy atom. The second kappa shape index (κ2) is 6.72. The highest BCUT2D eigenvalue weighted by molar-refractivity contribution is 7.09. The molecule has 0 fully saturated rings. The molecule has 1 N–H and O–H groups in total. The molecule has 5 heteroatoms. The van der Waals surface area contributed by atoms with Gasteiger partial charge in [-0.1, -0.05) is 0 Å². The minimum absolute atomic E-state index is 0.155. The van der Waals surface area contributed by atoms with E-state index in [0.29, 0.717) is 5.69 Å². The van der Waals surface area contributed by atoms with Crippen molar-refractivity contribution in [2.45, 2.75) is 27.7 Å². The van der Waals surface area contributed by atoms with Crippen LogP contribution in [0.3, 0.4) is 0 Å². The summed E-state index contributed by atoms with van der Waals surface area (Å²) in [4.78, 5) is 18.6. The van der Waals surface area contributed by atoms with Gasteiger partial charge in [0, 0.05) is 29.8 Å². The third kappa shape index (κ3) is 3.61. The summed E-state index contributed by atoms with van der Waals surface area (Å²) in [5, 5.41) is 5.61. The number of nitrogens with one attached hydrogen (secondary N) is 1. The lowest BCUT2D eigenvalue weighted by molar-refractivity contribution is 0.102. The van der Waals surface area contributed by atoms with E-state index in [1.165, 1.54) is 17.0 Å². The minimum Gasteiger partial charge on any atom is -0.372 e. The van der Waals surface area contributed by atoms with Crippen molar-refractivity contribution >= 4 is 28.6 Å². The van der Waals surface area contributed by atoms with Gasteiger partial charge in [-0.15, -0.1) is 11.3 Å². The molecule has 0 unspecified atom stereocenters. The fourth-order valence-corrected chi connectivity index (χ4v) is 2.82. The summed E-state index contributed by atoms with van der Waals surface area (Å²) in [5.74, 6) is -0.155. The number of thiazole rings is 1. The van der Waals surface area contributed by atoms with Crippen LogP contribution in [0.5, 0.6) is 0 Å². The van der Waals surface area contributed by atoms with Gasteiger partial charge in [-0.2, -0.15) is 0 Å². The molecular weight excluding hydrogens is 282 g/mol. The van der Waals surface area contributed by atoms with Crippen molar-refractivity contribution in [2.75, 3.05) is 23.3 Å². The molecule has 1 aromatic carbocycles. The first kappa shape index (κ1) is 15.5. The highest BCUT2D eigenvalue weighted by Crippen LogP contribution is 2.23. The fourth-order valence-electron chi connectivity index (χ4n) is 2.23. The number of carbonyl (C=O) groups excluding carboxylic acids is 1. The van der Waals surface area contributed by atoms with E-state index in [1.807, 2.05) is 26.0 Å². The number of aryl methyl sites for hydroxylation is 2. The van der Waals surface area contributed by atoms with Crippen molar-refractivity contribution in [3.63, 3.8) is 0 Å². The molecule has 0 saturated heterocycles. The molecule has 0 spiro atoms. The van der Waals surface area contributed by atoms with Crippen molar-refractivity contribution in [3.8, 4) is 0 Å². The number of rotatable bonds is 5. The first-order valence-corrected chi connectivity index (χ1v) is 8.02. The molecule has 0 radical (unpaired) electrons. The highest BCUT2D eigenvalue weighted by atomic mass is 32.1. The van der Waals surface area contributed by atoms with Crippen molar-refractivity contribution in [1.29, 1.82) is 0 Å². The molecule has 0 atom stereocenters. The average Bonchev–Trinajstić information content (AvgIpc) is 2.90. The zero-order valence-corrected chi connectivity index (χ0v) is 13.8. The lowest BCUT2D eigenvalue weighted by Gasteiger charge is -2.22. The van der Waals surface area contributed by atoms with E-state index >= 15 is 0 Å². The summed E-state index contributed by atoms with van der Waals surface area (Å²) in [6, 6.07) is 6.11. The Kier molecular flexibility index (Phi) is 4.96. The smallest absolute Gasteiger partial charge is 0.275 e. The number of nitrogens with zero attached hydrogens (tertiary/aromatic N) is 2. The summed E-state index contributed by atoms with van der Waals surface area (Å²) in [7, 11) is 0. The van der Waals surface area contributed by atoms with Crippen LogP contribution in [0.1, 0.15) is 34.9 Å². The van der Waals surface area contributed by atoms with E-state index in [-0.39, 0.29) is 5.91 Å². The molecule has 1 amide bonds. The van der Waals surface area contributed by atoms with E-state index in [9.17, 15) is 4.79 Å². The van der Waals surface area contributed by atoms with E-state index in [1.54, 1.807) is 5.38 Å². The summed E-state index contributed by atoms with van der Waals surface area (Å²) in [6.07, 6.45) is 0. The van der Waals surface area contributed by atoms with Crippen molar-refractivity contribution < 1.29 is 4.79 Å². The van der Waals surface area contributed by atoms with Gasteiger partial charge in [0.25, 0.3) is 5.91 Å². The maximum atomic E-state index is 12.1. The van der Waals surface area contributed by atoms with Crippen LogP contribution in [-0.4, -0.2) is 24.0 Å². The third-order valence-corrected chi connectivity index (χ3v) is 4.21. The van der Waals surface area contributed by atoms with Gasteiger partial charge in [0.1, 0.15) is 5.69 Å². The Balaban J connectivity index is 2.16. The SMILES string of the molecule is CCN(CC)c1ccc(NC(=O)c2csc(C)n2)c(C)c1. The molecule has 0 aliphatic carbocycles. The summed E-state index contributed by atoms with van der Waals surface area (Å²) in [5.41, 5.74) is 3.55. The van der Waals surface area contributed by atoms with Gasteiger partial charge >= 0.3 is 0 Å². The fraction of sp³-hybridized carbons (Fsp3) is 0.375. The number of hydrogen-bond donors (Lipinski definition) is 1. The quantitative estimate of drug-likeness (QED) is 0.912. The van der Waals surface area contributed by atoms with Crippen molar-refractivity contribution in [3.05, 3.63) is 39.8 Å². The molecule has 112 valence electrons. The molecule has 2 aromatic rings. The van der Waals surface area contributed by atoms with Crippen LogP contribution in [0.4, 0.5) is 11.4 Å². The zero-order chi connectivity index (χ0) is 15.4. The van der Waals surface area contributed by atoms with Crippen LogP contribution < -0.4 is 10.2 Å². The molecular formula is C16H21N3OS. The van der Waals surface area contributed by atoms with Gasteiger partial charge < -0.3 is 10.2 Å². The largest absolute Gasteiger partial charge is 0.372 e. The van der Waals surface area contributed by atoms with Gasteiger partial charge in [-0.05, 0) is 51.5 Å². The number of anilines is 2. The van der Waals surface area contributed by atoms with Crippen LogP contribution in [0.25, 0.3) is 0 Å². The highest BCUT2D eigenvalue weighted by Gasteiger charge is 2.11. The summed E-state index contributed by atoms with van der Waals surface area (Å²) in [6.45, 7) is 10.1. The lowest BCUT2D eigenvalue weighted by Crippen LogP contribution is -2.22. The normalized spacial score (nSPS) is 10.5. The standard InChI is InChI=1S/C16H21N3OS/c1-5-19(6-2)13-7-8-14(11(3)9-13)18-16(20)15-10-21-12(4)17-15/h7-10H,5-6H2,1-4H3,(H,18,20). The maximum Gasteiger partial charge on any atom is 0.275 e. The summed E-state index contributed by atoms with van der Waals surface area (Å²) >= 11 is 1.48. The Bertz CT molecular complexity index is 632. The number of aromatic nitrogens is 1. The molecule has 2 rings (SSSR count).